The van der Waals surface area contributed by atoms with Crippen molar-refractivity contribution in [1.82, 2.24) is 0 Å². The van der Waals surface area contributed by atoms with Crippen molar-refractivity contribution in [2.75, 3.05) is 0 Å². The summed E-state index contributed by atoms with van der Waals surface area (Å²) in [5.74, 6) is 0.817. The van der Waals surface area contributed by atoms with Crippen molar-refractivity contribution in [3.05, 3.63) is 41.5 Å². The summed E-state index contributed by atoms with van der Waals surface area (Å²) in [7, 11) is 0. The lowest BCUT2D eigenvalue weighted by Crippen LogP contribution is -2.11. The van der Waals surface area contributed by atoms with Gasteiger partial charge in [-0.2, -0.15) is 0 Å². The monoisotopic (exact) mass is 258 g/mol. The third-order valence-electron chi connectivity index (χ3n) is 3.63. The topological polar surface area (TPSA) is 0 Å². The van der Waals surface area contributed by atoms with Crippen LogP contribution in [0.25, 0.3) is 6.08 Å². The molecular formula is C19H30. The van der Waals surface area contributed by atoms with Crippen LogP contribution in [0.3, 0.4) is 0 Å². The standard InChI is InChI=1S/C19H30/c1-7-17-13-15(2)11-12-18(17)10-8-9-16(3)14-19(4,5)6/h7,11-13,16H,1,8-10,14H2,2-6H3. The van der Waals surface area contributed by atoms with Gasteiger partial charge in [0, 0.05) is 0 Å². The molecule has 0 bridgehead atoms. The first-order valence-corrected chi connectivity index (χ1v) is 7.54. The lowest BCUT2D eigenvalue weighted by atomic mass is 9.83. The number of benzene rings is 1. The predicted molar refractivity (Wildman–Crippen MR) is 87.4 cm³/mol. The highest BCUT2D eigenvalue weighted by Crippen LogP contribution is 2.27. The summed E-state index contributed by atoms with van der Waals surface area (Å²) in [6.07, 6.45) is 7.08. The minimum Gasteiger partial charge on any atom is -0.0985 e. The summed E-state index contributed by atoms with van der Waals surface area (Å²) in [5.41, 5.74) is 4.53. The molecule has 0 spiro atoms. The van der Waals surface area contributed by atoms with Crippen LogP contribution in [0.5, 0.6) is 0 Å². The van der Waals surface area contributed by atoms with Gasteiger partial charge in [0.2, 0.25) is 0 Å². The fourth-order valence-corrected chi connectivity index (χ4v) is 2.92. The first-order chi connectivity index (χ1) is 8.81. The maximum atomic E-state index is 3.92. The second-order valence-corrected chi connectivity index (χ2v) is 7.17. The molecule has 1 aromatic carbocycles. The summed E-state index contributed by atoms with van der Waals surface area (Å²) >= 11 is 0. The molecule has 0 saturated heterocycles. The number of rotatable bonds is 6. The maximum absolute atomic E-state index is 3.92. The lowest BCUT2D eigenvalue weighted by Gasteiger charge is -2.23. The molecule has 0 fully saturated rings. The average molecular weight is 258 g/mol. The van der Waals surface area contributed by atoms with E-state index in [-0.39, 0.29) is 0 Å². The van der Waals surface area contributed by atoms with Gasteiger partial charge >= 0.3 is 0 Å². The molecule has 0 amide bonds. The zero-order valence-electron chi connectivity index (χ0n) is 13.4. The van der Waals surface area contributed by atoms with Gasteiger partial charge in [-0.05, 0) is 48.6 Å². The van der Waals surface area contributed by atoms with E-state index in [0.717, 1.165) is 5.92 Å². The van der Waals surface area contributed by atoms with Crippen LogP contribution >= 0.6 is 0 Å². The van der Waals surface area contributed by atoms with Gasteiger partial charge in [-0.1, -0.05) is 70.5 Å². The van der Waals surface area contributed by atoms with E-state index in [0.29, 0.717) is 5.41 Å². The van der Waals surface area contributed by atoms with Crippen LogP contribution in [0.4, 0.5) is 0 Å². The highest BCUT2D eigenvalue weighted by Gasteiger charge is 2.14. The fourth-order valence-electron chi connectivity index (χ4n) is 2.92. The van der Waals surface area contributed by atoms with Crippen molar-refractivity contribution in [2.45, 2.75) is 60.3 Å². The van der Waals surface area contributed by atoms with Crippen LogP contribution in [0, 0.1) is 18.3 Å². The van der Waals surface area contributed by atoms with Crippen LogP contribution in [-0.4, -0.2) is 0 Å². The lowest BCUT2D eigenvalue weighted by molar-refractivity contribution is 0.293. The van der Waals surface area contributed by atoms with Crippen LogP contribution in [0.2, 0.25) is 0 Å². The van der Waals surface area contributed by atoms with E-state index < -0.39 is 0 Å². The molecule has 1 rings (SSSR count). The summed E-state index contributed by atoms with van der Waals surface area (Å²) in [6, 6.07) is 6.71. The van der Waals surface area contributed by atoms with Crippen molar-refractivity contribution in [3.63, 3.8) is 0 Å². The van der Waals surface area contributed by atoms with E-state index in [1.165, 1.54) is 42.4 Å². The van der Waals surface area contributed by atoms with Gasteiger partial charge in [-0.25, -0.2) is 0 Å². The molecule has 0 nitrogen and oxygen atoms in total. The summed E-state index contributed by atoms with van der Waals surface area (Å²) < 4.78 is 0. The molecule has 0 saturated carbocycles. The first kappa shape index (κ1) is 16.0. The SMILES string of the molecule is C=Cc1cc(C)ccc1CCCC(C)CC(C)(C)C. The Hall–Kier alpha value is -1.04. The van der Waals surface area contributed by atoms with Gasteiger partial charge in [0.05, 0.1) is 0 Å². The Morgan fingerprint density at radius 1 is 1.26 bits per heavy atom. The molecule has 0 aliphatic rings. The minimum absolute atomic E-state index is 0.454. The normalized spacial score (nSPS) is 13.3. The molecule has 0 aliphatic carbocycles. The molecule has 106 valence electrons. The predicted octanol–water partition coefficient (Wildman–Crippen LogP) is 6.03. The van der Waals surface area contributed by atoms with Crippen LogP contribution < -0.4 is 0 Å². The smallest absolute Gasteiger partial charge is 0.0228 e. The van der Waals surface area contributed by atoms with E-state index in [2.05, 4.69) is 59.4 Å². The summed E-state index contributed by atoms with van der Waals surface area (Å²) in [6.45, 7) is 15.4. The van der Waals surface area contributed by atoms with Gasteiger partial charge in [0.15, 0.2) is 0 Å². The van der Waals surface area contributed by atoms with Crippen LogP contribution in [0.1, 0.15) is 63.6 Å². The quantitative estimate of drug-likeness (QED) is 0.584. The van der Waals surface area contributed by atoms with E-state index in [1.807, 2.05) is 6.08 Å². The largest absolute Gasteiger partial charge is 0.0985 e. The van der Waals surface area contributed by atoms with Gasteiger partial charge < -0.3 is 0 Å². The van der Waals surface area contributed by atoms with Crippen molar-refractivity contribution in [1.29, 1.82) is 0 Å². The summed E-state index contributed by atoms with van der Waals surface area (Å²) in [5, 5.41) is 0. The highest BCUT2D eigenvalue weighted by atomic mass is 14.2. The second-order valence-electron chi connectivity index (χ2n) is 7.17. The van der Waals surface area contributed by atoms with E-state index in [9.17, 15) is 0 Å². The molecule has 0 N–H and O–H groups in total. The molecule has 0 aromatic heterocycles. The number of aryl methyl sites for hydroxylation is 2. The van der Waals surface area contributed by atoms with Crippen LogP contribution in [-0.2, 0) is 6.42 Å². The van der Waals surface area contributed by atoms with Crippen molar-refractivity contribution in [2.24, 2.45) is 11.3 Å². The molecule has 0 heterocycles. The Kier molecular flexibility index (Phi) is 5.85. The van der Waals surface area contributed by atoms with Gasteiger partial charge in [-0.15, -0.1) is 0 Å². The Morgan fingerprint density at radius 2 is 1.95 bits per heavy atom. The van der Waals surface area contributed by atoms with Crippen molar-refractivity contribution >= 4 is 6.08 Å². The van der Waals surface area contributed by atoms with Crippen molar-refractivity contribution < 1.29 is 0 Å². The Labute approximate surface area is 119 Å². The first-order valence-electron chi connectivity index (χ1n) is 7.54. The van der Waals surface area contributed by atoms with E-state index >= 15 is 0 Å². The van der Waals surface area contributed by atoms with Gasteiger partial charge in [0.25, 0.3) is 0 Å². The van der Waals surface area contributed by atoms with E-state index in [4.69, 9.17) is 0 Å². The van der Waals surface area contributed by atoms with Gasteiger partial charge in [0.1, 0.15) is 0 Å². The molecule has 0 heteroatoms. The Bertz CT molecular complexity index is 407. The van der Waals surface area contributed by atoms with E-state index in [1.54, 1.807) is 0 Å². The zero-order valence-corrected chi connectivity index (χ0v) is 13.4. The Morgan fingerprint density at radius 3 is 2.53 bits per heavy atom. The Balaban J connectivity index is 2.47. The molecule has 19 heavy (non-hydrogen) atoms. The highest BCUT2D eigenvalue weighted by molar-refractivity contribution is 5.53. The average Bonchev–Trinajstić information content (AvgIpc) is 2.28. The fraction of sp³-hybridized carbons (Fsp3) is 0.579. The zero-order chi connectivity index (χ0) is 14.5. The van der Waals surface area contributed by atoms with Gasteiger partial charge in [-0.3, -0.25) is 0 Å². The number of hydrogen-bond donors (Lipinski definition) is 0. The molecule has 1 aromatic rings. The third-order valence-corrected chi connectivity index (χ3v) is 3.63. The summed E-state index contributed by atoms with van der Waals surface area (Å²) in [4.78, 5) is 0. The van der Waals surface area contributed by atoms with Crippen molar-refractivity contribution in [3.8, 4) is 0 Å². The maximum Gasteiger partial charge on any atom is -0.0228 e. The molecule has 0 aliphatic heterocycles. The molecule has 0 radical (unpaired) electrons. The number of hydrogen-bond acceptors (Lipinski definition) is 0. The minimum atomic E-state index is 0.454. The molecule has 1 unspecified atom stereocenters. The molecule has 1 atom stereocenters. The molecular weight excluding hydrogens is 228 g/mol. The van der Waals surface area contributed by atoms with Crippen LogP contribution in [0.15, 0.2) is 24.8 Å². The second kappa shape index (κ2) is 6.93. The third kappa shape index (κ3) is 6.09.